The third-order valence-corrected chi connectivity index (χ3v) is 6.04. The summed E-state index contributed by atoms with van der Waals surface area (Å²) < 4.78 is 13.1. The van der Waals surface area contributed by atoms with Crippen LogP contribution in [0.1, 0.15) is 39.0 Å². The van der Waals surface area contributed by atoms with Crippen molar-refractivity contribution in [1.29, 1.82) is 0 Å². The highest BCUT2D eigenvalue weighted by Crippen LogP contribution is 2.25. The molecule has 170 valence electrons. The van der Waals surface area contributed by atoms with Gasteiger partial charge in [-0.3, -0.25) is 9.69 Å². The Morgan fingerprint density at radius 3 is 2.21 bits per heavy atom. The van der Waals surface area contributed by atoms with Crippen molar-refractivity contribution in [1.82, 2.24) is 4.90 Å². The van der Waals surface area contributed by atoms with Gasteiger partial charge in [-0.25, -0.2) is 9.18 Å². The molecule has 3 amide bonds. The second-order valence-electron chi connectivity index (χ2n) is 8.59. The Morgan fingerprint density at radius 2 is 1.58 bits per heavy atom. The average molecular weight is 446 g/mol. The summed E-state index contributed by atoms with van der Waals surface area (Å²) in [6.45, 7) is 8.26. The van der Waals surface area contributed by atoms with E-state index in [1.807, 2.05) is 17.0 Å². The predicted octanol–water partition coefficient (Wildman–Crippen LogP) is 5.84. The maximum Gasteiger partial charge on any atom is 0.324 e. The molecule has 3 aromatic carbocycles. The van der Waals surface area contributed by atoms with Crippen molar-refractivity contribution in [3.05, 3.63) is 94.3 Å². The van der Waals surface area contributed by atoms with Gasteiger partial charge in [-0.15, -0.1) is 0 Å². The minimum atomic E-state index is -0.385. The number of anilines is 2. The highest BCUT2D eigenvalue weighted by atomic mass is 19.1. The van der Waals surface area contributed by atoms with Crippen molar-refractivity contribution < 1.29 is 14.0 Å². The minimum absolute atomic E-state index is 0.0104. The Balaban J connectivity index is 1.45. The number of hydrogen-bond acceptors (Lipinski definition) is 2. The SMILES string of the molecule is Cc1cc(C)c(CN2CCCN(c3ccc(NC(=O)c4ccc(F)cc4)cc3)C2=O)c(C)c1. The molecule has 0 spiro atoms. The molecule has 0 saturated carbocycles. The first-order valence-electron chi connectivity index (χ1n) is 11.1. The Labute approximate surface area is 193 Å². The Morgan fingerprint density at radius 1 is 0.939 bits per heavy atom. The van der Waals surface area contributed by atoms with Crippen molar-refractivity contribution in [2.75, 3.05) is 23.3 Å². The number of nitrogens with one attached hydrogen (secondary N) is 1. The van der Waals surface area contributed by atoms with Gasteiger partial charge in [0, 0.05) is 36.6 Å². The van der Waals surface area contributed by atoms with E-state index in [0.29, 0.717) is 24.3 Å². The molecule has 0 atom stereocenters. The predicted molar refractivity (Wildman–Crippen MR) is 129 cm³/mol. The Kier molecular flexibility index (Phi) is 6.45. The van der Waals surface area contributed by atoms with E-state index in [-0.39, 0.29) is 17.8 Å². The standard InChI is InChI=1S/C27H28FN3O2/c1-18-15-19(2)25(20(3)16-18)17-30-13-4-14-31(27(30)33)24-11-9-23(10-12-24)29-26(32)21-5-7-22(28)8-6-21/h5-12,15-16H,4,13-14,17H2,1-3H3,(H,29,32). The van der Waals surface area contributed by atoms with Crippen molar-refractivity contribution >= 4 is 23.3 Å². The molecule has 6 heteroatoms. The Bertz CT molecular complexity index is 1150. The third kappa shape index (κ3) is 5.06. The quantitative estimate of drug-likeness (QED) is 0.537. The van der Waals surface area contributed by atoms with Gasteiger partial charge in [0.05, 0.1) is 0 Å². The first-order valence-corrected chi connectivity index (χ1v) is 11.1. The summed E-state index contributed by atoms with van der Waals surface area (Å²) in [7, 11) is 0. The number of nitrogens with zero attached hydrogens (tertiary/aromatic N) is 2. The van der Waals surface area contributed by atoms with Gasteiger partial charge in [0.2, 0.25) is 0 Å². The second kappa shape index (κ2) is 9.45. The number of carbonyl (C=O) groups excluding carboxylic acids is 2. The van der Waals surface area contributed by atoms with E-state index in [0.717, 1.165) is 18.7 Å². The molecule has 3 aromatic rings. The number of aryl methyl sites for hydroxylation is 3. The van der Waals surface area contributed by atoms with E-state index in [2.05, 4.69) is 38.2 Å². The van der Waals surface area contributed by atoms with Crippen LogP contribution in [0.2, 0.25) is 0 Å². The monoisotopic (exact) mass is 445 g/mol. The molecule has 1 heterocycles. The number of benzene rings is 3. The normalized spacial score (nSPS) is 13.9. The zero-order valence-corrected chi connectivity index (χ0v) is 19.2. The fourth-order valence-corrected chi connectivity index (χ4v) is 4.35. The fourth-order valence-electron chi connectivity index (χ4n) is 4.35. The van der Waals surface area contributed by atoms with Crippen LogP contribution < -0.4 is 10.2 Å². The molecule has 0 bridgehead atoms. The van der Waals surface area contributed by atoms with Gasteiger partial charge < -0.3 is 10.2 Å². The molecule has 4 rings (SSSR count). The van der Waals surface area contributed by atoms with Crippen LogP contribution in [0.25, 0.3) is 0 Å². The van der Waals surface area contributed by atoms with Crippen LogP contribution in [0.4, 0.5) is 20.6 Å². The maximum absolute atomic E-state index is 13.2. The Hall–Kier alpha value is -3.67. The molecule has 0 radical (unpaired) electrons. The van der Waals surface area contributed by atoms with Crippen LogP contribution in [0.3, 0.4) is 0 Å². The number of hydrogen-bond donors (Lipinski definition) is 1. The summed E-state index contributed by atoms with van der Waals surface area (Å²) >= 11 is 0. The van der Waals surface area contributed by atoms with E-state index in [4.69, 9.17) is 0 Å². The molecule has 1 aliphatic rings. The van der Waals surface area contributed by atoms with Gasteiger partial charge in [0.15, 0.2) is 0 Å². The summed E-state index contributed by atoms with van der Waals surface area (Å²) in [4.78, 5) is 29.3. The average Bonchev–Trinajstić information content (AvgIpc) is 2.78. The summed E-state index contributed by atoms with van der Waals surface area (Å²) in [6, 6.07) is 16.9. The molecule has 1 N–H and O–H groups in total. The van der Waals surface area contributed by atoms with Crippen LogP contribution in [0.15, 0.2) is 60.7 Å². The summed E-state index contributed by atoms with van der Waals surface area (Å²) in [5, 5.41) is 2.80. The largest absolute Gasteiger partial charge is 0.324 e. The smallest absolute Gasteiger partial charge is 0.322 e. The van der Waals surface area contributed by atoms with Crippen molar-refractivity contribution in [3.63, 3.8) is 0 Å². The van der Waals surface area contributed by atoms with E-state index < -0.39 is 0 Å². The van der Waals surface area contributed by atoms with Gasteiger partial charge in [0.1, 0.15) is 5.82 Å². The second-order valence-corrected chi connectivity index (χ2v) is 8.59. The van der Waals surface area contributed by atoms with Crippen LogP contribution in [0, 0.1) is 26.6 Å². The summed E-state index contributed by atoms with van der Waals surface area (Å²) in [5.74, 6) is -0.698. The lowest BCUT2D eigenvalue weighted by Crippen LogP contribution is -2.49. The van der Waals surface area contributed by atoms with Crippen LogP contribution in [0.5, 0.6) is 0 Å². The molecule has 5 nitrogen and oxygen atoms in total. The zero-order valence-electron chi connectivity index (χ0n) is 19.2. The molecule has 1 aliphatic heterocycles. The highest BCUT2D eigenvalue weighted by molar-refractivity contribution is 6.04. The lowest BCUT2D eigenvalue weighted by molar-refractivity contribution is 0.102. The number of urea groups is 1. The summed E-state index contributed by atoms with van der Waals surface area (Å²) in [6.07, 6.45) is 0.888. The number of halogens is 1. The number of rotatable bonds is 5. The molecule has 1 fully saturated rings. The van der Waals surface area contributed by atoms with E-state index in [1.54, 1.807) is 17.0 Å². The van der Waals surface area contributed by atoms with Gasteiger partial charge >= 0.3 is 6.03 Å². The van der Waals surface area contributed by atoms with E-state index in [1.165, 1.54) is 46.5 Å². The van der Waals surface area contributed by atoms with Gasteiger partial charge in [-0.1, -0.05) is 17.7 Å². The van der Waals surface area contributed by atoms with Gasteiger partial charge in [-0.2, -0.15) is 0 Å². The summed E-state index contributed by atoms with van der Waals surface area (Å²) in [5.41, 5.74) is 6.63. The molecule has 33 heavy (non-hydrogen) atoms. The van der Waals surface area contributed by atoms with Gasteiger partial charge in [0.25, 0.3) is 5.91 Å². The van der Waals surface area contributed by atoms with Crippen molar-refractivity contribution in [2.24, 2.45) is 0 Å². The minimum Gasteiger partial charge on any atom is -0.322 e. The molecule has 0 aromatic heterocycles. The topological polar surface area (TPSA) is 52.6 Å². The third-order valence-electron chi connectivity index (χ3n) is 6.04. The number of amides is 3. The molecule has 0 aliphatic carbocycles. The number of carbonyl (C=O) groups is 2. The maximum atomic E-state index is 13.2. The molecule has 1 saturated heterocycles. The molecular formula is C27H28FN3O2. The van der Waals surface area contributed by atoms with Crippen LogP contribution >= 0.6 is 0 Å². The van der Waals surface area contributed by atoms with Crippen LogP contribution in [-0.2, 0) is 6.54 Å². The molecular weight excluding hydrogens is 417 g/mol. The first kappa shape index (κ1) is 22.5. The van der Waals surface area contributed by atoms with E-state index in [9.17, 15) is 14.0 Å². The first-order chi connectivity index (χ1) is 15.8. The van der Waals surface area contributed by atoms with Crippen LogP contribution in [-0.4, -0.2) is 29.9 Å². The van der Waals surface area contributed by atoms with Crippen molar-refractivity contribution in [2.45, 2.75) is 33.7 Å². The highest BCUT2D eigenvalue weighted by Gasteiger charge is 2.27. The lowest BCUT2D eigenvalue weighted by Gasteiger charge is -2.36. The van der Waals surface area contributed by atoms with Gasteiger partial charge in [-0.05, 0) is 92.4 Å². The lowest BCUT2D eigenvalue weighted by atomic mass is 9.99. The molecule has 0 unspecified atom stereocenters. The van der Waals surface area contributed by atoms with Crippen molar-refractivity contribution in [3.8, 4) is 0 Å². The zero-order chi connectivity index (χ0) is 23.5. The fraction of sp³-hybridized carbons (Fsp3) is 0.259. The van der Waals surface area contributed by atoms with E-state index >= 15 is 0 Å².